The molecule has 8 nitrogen and oxygen atoms in total. The second-order valence-electron chi connectivity index (χ2n) is 9.06. The summed E-state index contributed by atoms with van der Waals surface area (Å²) in [4.78, 5) is 29.6. The van der Waals surface area contributed by atoms with Gasteiger partial charge in [-0.25, -0.2) is 12.8 Å². The fourth-order valence-corrected chi connectivity index (χ4v) is 5.52. The van der Waals surface area contributed by atoms with Gasteiger partial charge in [0.05, 0.1) is 18.9 Å². The fraction of sp³-hybridized carbons (Fsp3) is 0.667. The normalized spacial score (nSPS) is 17.6. The van der Waals surface area contributed by atoms with E-state index in [0.29, 0.717) is 31.5 Å². The lowest BCUT2D eigenvalue weighted by Crippen LogP contribution is -2.52. The van der Waals surface area contributed by atoms with Crippen molar-refractivity contribution in [1.82, 2.24) is 14.1 Å². The van der Waals surface area contributed by atoms with Crippen LogP contribution in [0, 0.1) is 11.7 Å². The van der Waals surface area contributed by atoms with Crippen molar-refractivity contribution in [3.05, 3.63) is 35.6 Å². The molecular formula is C24H36FN3O5S. The maximum absolute atomic E-state index is 13.8. The monoisotopic (exact) mass is 497 g/mol. The third kappa shape index (κ3) is 6.76. The zero-order chi connectivity index (χ0) is 24.7. The Hall–Kier alpha value is -2.04. The van der Waals surface area contributed by atoms with Crippen LogP contribution in [0.3, 0.4) is 0 Å². The van der Waals surface area contributed by atoms with Crippen LogP contribution in [0.25, 0.3) is 0 Å². The van der Waals surface area contributed by atoms with Gasteiger partial charge >= 0.3 is 0 Å². The van der Waals surface area contributed by atoms with E-state index in [9.17, 15) is 22.4 Å². The summed E-state index contributed by atoms with van der Waals surface area (Å²) in [7, 11) is -2.12. The molecule has 1 aromatic rings. The van der Waals surface area contributed by atoms with Gasteiger partial charge in [-0.3, -0.25) is 9.59 Å². The predicted octanol–water partition coefficient (Wildman–Crippen LogP) is 2.24. The third-order valence-corrected chi connectivity index (χ3v) is 8.68. The Balaban J connectivity index is 1.74. The highest BCUT2D eigenvalue weighted by atomic mass is 32.2. The molecule has 34 heavy (non-hydrogen) atoms. The zero-order valence-electron chi connectivity index (χ0n) is 20.1. The predicted molar refractivity (Wildman–Crippen MR) is 127 cm³/mol. The van der Waals surface area contributed by atoms with Gasteiger partial charge in [-0.1, -0.05) is 18.6 Å². The summed E-state index contributed by atoms with van der Waals surface area (Å²) in [5.74, 6) is -0.500. The molecule has 10 heteroatoms. The van der Waals surface area contributed by atoms with E-state index in [0.717, 1.165) is 23.6 Å². The van der Waals surface area contributed by atoms with Gasteiger partial charge in [-0.05, 0) is 50.3 Å². The van der Waals surface area contributed by atoms with Crippen LogP contribution in [0.1, 0.15) is 44.6 Å². The Morgan fingerprint density at radius 3 is 2.44 bits per heavy atom. The molecule has 1 saturated carbocycles. The van der Waals surface area contributed by atoms with E-state index in [1.807, 2.05) is 4.90 Å². The summed E-state index contributed by atoms with van der Waals surface area (Å²) in [6.45, 7) is 2.82. The highest BCUT2D eigenvalue weighted by molar-refractivity contribution is 7.89. The first-order chi connectivity index (χ1) is 16.2. The van der Waals surface area contributed by atoms with Crippen molar-refractivity contribution in [2.75, 3.05) is 45.6 Å². The molecule has 2 fully saturated rings. The summed E-state index contributed by atoms with van der Waals surface area (Å²) in [6, 6.07) is 5.93. The summed E-state index contributed by atoms with van der Waals surface area (Å²) in [5.41, 5.74) is 0.642. The average Bonchev–Trinajstić information content (AvgIpc) is 2.79. The number of amides is 2. The summed E-state index contributed by atoms with van der Waals surface area (Å²) < 4.78 is 45.1. The first-order valence-electron chi connectivity index (χ1n) is 12.0. The number of hydrogen-bond donors (Lipinski definition) is 0. The number of halogens is 1. The number of ether oxygens (including phenoxy) is 1. The number of carbonyl (C=O) groups excluding carboxylic acids is 2. The number of piperidine rings is 1. The largest absolute Gasteiger partial charge is 0.383 e. The standard InChI is InChI=1S/C24H36FN3O5S/c1-3-34(31,32)27(14-15-33-2)18-23(29)28(17-19-6-4-9-21(25)16-19)22-10-12-26(13-11-22)24(30)20-7-5-8-20/h4,6,9,16,20,22H,3,5,7-8,10-15,17-18H2,1-2H3. The van der Waals surface area contributed by atoms with Gasteiger partial charge in [0.1, 0.15) is 5.82 Å². The Bertz CT molecular complexity index is 946. The summed E-state index contributed by atoms with van der Waals surface area (Å²) in [5, 5.41) is 0. The van der Waals surface area contributed by atoms with Crippen LogP contribution < -0.4 is 0 Å². The van der Waals surface area contributed by atoms with Crippen LogP contribution in [0.5, 0.6) is 0 Å². The molecule has 1 aromatic carbocycles. The number of benzene rings is 1. The van der Waals surface area contributed by atoms with Gasteiger partial charge in [0.2, 0.25) is 21.8 Å². The number of methoxy groups -OCH3 is 1. The molecule has 1 aliphatic carbocycles. The minimum absolute atomic E-state index is 0.0839. The zero-order valence-corrected chi connectivity index (χ0v) is 20.9. The van der Waals surface area contributed by atoms with E-state index >= 15 is 0 Å². The van der Waals surface area contributed by atoms with Crippen LogP contribution in [0.15, 0.2) is 24.3 Å². The molecule has 1 heterocycles. The fourth-order valence-electron chi connectivity index (χ4n) is 4.50. The van der Waals surface area contributed by atoms with Crippen molar-refractivity contribution >= 4 is 21.8 Å². The Kier molecular flexibility index (Phi) is 9.44. The minimum Gasteiger partial charge on any atom is -0.383 e. The number of likely N-dealkylation sites (tertiary alicyclic amines) is 1. The van der Waals surface area contributed by atoms with Crippen molar-refractivity contribution in [1.29, 1.82) is 0 Å². The number of sulfonamides is 1. The number of nitrogens with zero attached hydrogens (tertiary/aromatic N) is 3. The Morgan fingerprint density at radius 2 is 1.88 bits per heavy atom. The molecule has 0 bridgehead atoms. The van der Waals surface area contributed by atoms with Gasteiger partial charge in [-0.2, -0.15) is 4.31 Å². The van der Waals surface area contributed by atoms with Crippen LogP contribution in [0.2, 0.25) is 0 Å². The van der Waals surface area contributed by atoms with Crippen molar-refractivity contribution in [2.24, 2.45) is 5.92 Å². The van der Waals surface area contributed by atoms with Gasteiger partial charge in [0.15, 0.2) is 0 Å². The summed E-state index contributed by atoms with van der Waals surface area (Å²) >= 11 is 0. The molecule has 0 atom stereocenters. The van der Waals surface area contributed by atoms with Crippen molar-refractivity contribution < 1.29 is 27.1 Å². The smallest absolute Gasteiger partial charge is 0.238 e. The Morgan fingerprint density at radius 1 is 1.18 bits per heavy atom. The van der Waals surface area contributed by atoms with E-state index in [1.54, 1.807) is 24.0 Å². The number of rotatable bonds is 11. The first-order valence-corrected chi connectivity index (χ1v) is 13.7. The molecule has 0 spiro atoms. The molecule has 0 N–H and O–H groups in total. The SMILES string of the molecule is CCS(=O)(=O)N(CCOC)CC(=O)N(Cc1cccc(F)c1)C1CCN(C(=O)C2CCC2)CC1. The highest BCUT2D eigenvalue weighted by Crippen LogP contribution is 2.30. The quantitative estimate of drug-likeness (QED) is 0.468. The summed E-state index contributed by atoms with van der Waals surface area (Å²) in [6.07, 6.45) is 4.22. The van der Waals surface area contributed by atoms with E-state index in [4.69, 9.17) is 4.74 Å². The minimum atomic E-state index is -3.60. The van der Waals surface area contributed by atoms with E-state index in [2.05, 4.69) is 0 Å². The molecule has 3 rings (SSSR count). The molecule has 0 unspecified atom stereocenters. The van der Waals surface area contributed by atoms with Gasteiger partial charge in [-0.15, -0.1) is 0 Å². The van der Waals surface area contributed by atoms with Gasteiger partial charge in [0.25, 0.3) is 0 Å². The lowest BCUT2D eigenvalue weighted by atomic mass is 9.84. The van der Waals surface area contributed by atoms with Crippen molar-refractivity contribution in [3.63, 3.8) is 0 Å². The van der Waals surface area contributed by atoms with E-state index in [1.165, 1.54) is 19.2 Å². The number of carbonyl (C=O) groups is 2. The van der Waals surface area contributed by atoms with Crippen LogP contribution in [0.4, 0.5) is 4.39 Å². The van der Waals surface area contributed by atoms with Crippen molar-refractivity contribution in [3.8, 4) is 0 Å². The van der Waals surface area contributed by atoms with Crippen LogP contribution in [-0.2, 0) is 30.9 Å². The van der Waals surface area contributed by atoms with Gasteiger partial charge < -0.3 is 14.5 Å². The van der Waals surface area contributed by atoms with E-state index < -0.39 is 10.0 Å². The topological polar surface area (TPSA) is 87.2 Å². The molecule has 0 aromatic heterocycles. The second-order valence-corrected chi connectivity index (χ2v) is 11.3. The molecule has 0 radical (unpaired) electrons. The first kappa shape index (κ1) is 26.6. The molecule has 1 saturated heterocycles. The average molecular weight is 498 g/mol. The third-order valence-electron chi connectivity index (χ3n) is 6.85. The maximum atomic E-state index is 13.8. The molecular weight excluding hydrogens is 461 g/mol. The Labute approximate surface area is 202 Å². The lowest BCUT2D eigenvalue weighted by molar-refractivity contribution is -0.141. The maximum Gasteiger partial charge on any atom is 0.238 e. The van der Waals surface area contributed by atoms with Crippen LogP contribution in [-0.4, -0.2) is 86.0 Å². The van der Waals surface area contributed by atoms with E-state index in [-0.39, 0.29) is 61.6 Å². The molecule has 190 valence electrons. The highest BCUT2D eigenvalue weighted by Gasteiger charge is 2.35. The van der Waals surface area contributed by atoms with Crippen LogP contribution >= 0.6 is 0 Å². The molecule has 1 aliphatic heterocycles. The lowest BCUT2D eigenvalue weighted by Gasteiger charge is -2.41. The van der Waals surface area contributed by atoms with Gasteiger partial charge in [0, 0.05) is 45.2 Å². The van der Waals surface area contributed by atoms with Crippen molar-refractivity contribution in [2.45, 2.75) is 51.6 Å². The second kappa shape index (κ2) is 12.1. The molecule has 2 amide bonds. The molecule has 2 aliphatic rings. The number of hydrogen-bond acceptors (Lipinski definition) is 5.